The SMILES string of the molecule is O=C(C=CC=Cc1ccc(-c2ccccc2)cc1)NCCCCCC(=O)NO. The van der Waals surface area contributed by atoms with Crippen molar-refractivity contribution in [2.24, 2.45) is 0 Å². The molecule has 146 valence electrons. The molecule has 0 heterocycles. The van der Waals surface area contributed by atoms with Gasteiger partial charge in [0.05, 0.1) is 0 Å². The van der Waals surface area contributed by atoms with Crippen LogP contribution in [-0.2, 0) is 9.59 Å². The average Bonchev–Trinajstić information content (AvgIpc) is 2.74. The normalized spacial score (nSPS) is 11.0. The van der Waals surface area contributed by atoms with Crippen molar-refractivity contribution >= 4 is 17.9 Å². The van der Waals surface area contributed by atoms with Crippen LogP contribution in [0.3, 0.4) is 0 Å². The molecule has 2 rings (SSSR count). The Kier molecular flexibility index (Phi) is 9.24. The highest BCUT2D eigenvalue weighted by molar-refractivity contribution is 5.87. The van der Waals surface area contributed by atoms with Crippen molar-refractivity contribution in [3.8, 4) is 11.1 Å². The molecule has 2 aromatic carbocycles. The third-order valence-electron chi connectivity index (χ3n) is 4.17. The predicted octanol–water partition coefficient (Wildman–Crippen LogP) is 4.11. The molecule has 5 heteroatoms. The Morgan fingerprint density at radius 3 is 2.29 bits per heavy atom. The first-order valence-corrected chi connectivity index (χ1v) is 9.40. The highest BCUT2D eigenvalue weighted by atomic mass is 16.5. The third-order valence-corrected chi connectivity index (χ3v) is 4.17. The van der Waals surface area contributed by atoms with Crippen molar-refractivity contribution in [2.75, 3.05) is 6.54 Å². The average molecular weight is 378 g/mol. The maximum absolute atomic E-state index is 11.7. The van der Waals surface area contributed by atoms with Gasteiger partial charge in [-0.2, -0.15) is 0 Å². The standard InChI is InChI=1S/C23H26N2O3/c26-22(24-18-8-2-5-13-23(27)25-28)12-7-6-9-19-14-16-21(17-15-19)20-10-3-1-4-11-20/h1,3-4,6-7,9-12,14-17,28H,2,5,8,13,18H2,(H,24,26)(H,25,27). The molecule has 0 aliphatic heterocycles. The van der Waals surface area contributed by atoms with Crippen molar-refractivity contribution in [1.82, 2.24) is 10.8 Å². The van der Waals surface area contributed by atoms with Crippen molar-refractivity contribution in [3.63, 3.8) is 0 Å². The molecule has 2 aromatic rings. The summed E-state index contributed by atoms with van der Waals surface area (Å²) in [6, 6.07) is 18.5. The van der Waals surface area contributed by atoms with Crippen LogP contribution in [0.15, 0.2) is 72.8 Å². The van der Waals surface area contributed by atoms with Gasteiger partial charge in [-0.1, -0.05) is 79.2 Å². The first-order chi connectivity index (χ1) is 13.7. The molecule has 28 heavy (non-hydrogen) atoms. The molecule has 3 N–H and O–H groups in total. The van der Waals surface area contributed by atoms with Crippen LogP contribution in [0.2, 0.25) is 0 Å². The van der Waals surface area contributed by atoms with Gasteiger partial charge < -0.3 is 5.32 Å². The summed E-state index contributed by atoms with van der Waals surface area (Å²) < 4.78 is 0. The number of allylic oxidation sites excluding steroid dienone is 2. The van der Waals surface area contributed by atoms with E-state index < -0.39 is 0 Å². The molecule has 0 aliphatic carbocycles. The Labute approximate surface area is 165 Å². The molecule has 0 atom stereocenters. The van der Waals surface area contributed by atoms with Crippen molar-refractivity contribution < 1.29 is 14.8 Å². The maximum atomic E-state index is 11.7. The van der Waals surface area contributed by atoms with Gasteiger partial charge in [0.15, 0.2) is 0 Å². The number of hydroxylamine groups is 1. The van der Waals surface area contributed by atoms with Crippen LogP contribution in [0.1, 0.15) is 31.2 Å². The number of unbranched alkanes of at least 4 members (excludes halogenated alkanes) is 2. The largest absolute Gasteiger partial charge is 0.353 e. The molecule has 0 unspecified atom stereocenters. The molecular weight excluding hydrogens is 352 g/mol. The number of carbonyl (C=O) groups excluding carboxylic acids is 2. The Hall–Kier alpha value is -3.18. The Bertz CT molecular complexity index is 796. The lowest BCUT2D eigenvalue weighted by atomic mass is 10.0. The van der Waals surface area contributed by atoms with E-state index in [0.29, 0.717) is 19.4 Å². The van der Waals surface area contributed by atoms with E-state index in [1.54, 1.807) is 11.6 Å². The monoisotopic (exact) mass is 378 g/mol. The topological polar surface area (TPSA) is 78.4 Å². The minimum Gasteiger partial charge on any atom is -0.353 e. The summed E-state index contributed by atoms with van der Waals surface area (Å²) in [5.41, 5.74) is 5.02. The van der Waals surface area contributed by atoms with E-state index in [2.05, 4.69) is 29.6 Å². The fourth-order valence-electron chi connectivity index (χ4n) is 2.64. The Morgan fingerprint density at radius 1 is 0.857 bits per heavy atom. The zero-order valence-electron chi connectivity index (χ0n) is 15.8. The number of hydrogen-bond acceptors (Lipinski definition) is 3. The summed E-state index contributed by atoms with van der Waals surface area (Å²) in [6.45, 7) is 0.564. The van der Waals surface area contributed by atoms with E-state index in [1.807, 2.05) is 42.5 Å². The second-order valence-corrected chi connectivity index (χ2v) is 6.34. The number of hydrogen-bond donors (Lipinski definition) is 3. The van der Waals surface area contributed by atoms with E-state index in [4.69, 9.17) is 5.21 Å². The van der Waals surface area contributed by atoms with E-state index in [0.717, 1.165) is 18.4 Å². The van der Waals surface area contributed by atoms with Gasteiger partial charge in [0.1, 0.15) is 0 Å². The van der Waals surface area contributed by atoms with Crippen LogP contribution in [-0.4, -0.2) is 23.6 Å². The second kappa shape index (κ2) is 12.3. The zero-order valence-corrected chi connectivity index (χ0v) is 15.8. The van der Waals surface area contributed by atoms with Crippen LogP contribution in [0.5, 0.6) is 0 Å². The summed E-state index contributed by atoms with van der Waals surface area (Å²) in [4.78, 5) is 22.6. The smallest absolute Gasteiger partial charge is 0.243 e. The minimum atomic E-state index is -0.381. The van der Waals surface area contributed by atoms with Crippen molar-refractivity contribution in [1.29, 1.82) is 0 Å². The van der Waals surface area contributed by atoms with Crippen LogP contribution in [0.25, 0.3) is 17.2 Å². The van der Waals surface area contributed by atoms with Gasteiger partial charge in [0, 0.05) is 19.0 Å². The number of carbonyl (C=O) groups is 2. The minimum absolute atomic E-state index is 0.142. The quantitative estimate of drug-likeness (QED) is 0.191. The Morgan fingerprint density at radius 2 is 1.57 bits per heavy atom. The van der Waals surface area contributed by atoms with Gasteiger partial charge >= 0.3 is 0 Å². The zero-order chi connectivity index (χ0) is 20.0. The molecule has 2 amide bonds. The molecule has 5 nitrogen and oxygen atoms in total. The number of rotatable bonds is 10. The van der Waals surface area contributed by atoms with Crippen LogP contribution in [0, 0.1) is 0 Å². The summed E-state index contributed by atoms with van der Waals surface area (Å²) >= 11 is 0. The molecule has 0 bridgehead atoms. The van der Waals surface area contributed by atoms with Crippen LogP contribution >= 0.6 is 0 Å². The molecule has 0 saturated heterocycles. The van der Waals surface area contributed by atoms with Gasteiger partial charge in [-0.25, -0.2) is 5.48 Å². The molecule has 0 aromatic heterocycles. The molecule has 0 radical (unpaired) electrons. The van der Waals surface area contributed by atoms with Crippen molar-refractivity contribution in [2.45, 2.75) is 25.7 Å². The van der Waals surface area contributed by atoms with E-state index in [-0.39, 0.29) is 11.8 Å². The Balaban J connectivity index is 1.67. The van der Waals surface area contributed by atoms with Crippen LogP contribution < -0.4 is 10.8 Å². The van der Waals surface area contributed by atoms with Gasteiger partial charge in [-0.3, -0.25) is 14.8 Å². The number of amides is 2. The van der Waals surface area contributed by atoms with E-state index in [9.17, 15) is 9.59 Å². The summed E-state index contributed by atoms with van der Waals surface area (Å²) in [6.07, 6.45) is 9.58. The van der Waals surface area contributed by atoms with Gasteiger partial charge in [-0.05, 0) is 29.5 Å². The molecule has 0 fully saturated rings. The molecule has 0 saturated carbocycles. The van der Waals surface area contributed by atoms with E-state index in [1.165, 1.54) is 17.2 Å². The first kappa shape index (κ1) is 21.1. The number of nitrogens with one attached hydrogen (secondary N) is 2. The van der Waals surface area contributed by atoms with Gasteiger partial charge in [-0.15, -0.1) is 0 Å². The van der Waals surface area contributed by atoms with Crippen molar-refractivity contribution in [3.05, 3.63) is 78.4 Å². The lowest BCUT2D eigenvalue weighted by Crippen LogP contribution is -2.22. The first-order valence-electron chi connectivity index (χ1n) is 9.40. The molecule has 0 aliphatic rings. The second-order valence-electron chi connectivity index (χ2n) is 6.34. The van der Waals surface area contributed by atoms with Gasteiger partial charge in [0.2, 0.25) is 11.8 Å². The van der Waals surface area contributed by atoms with Gasteiger partial charge in [0.25, 0.3) is 0 Å². The summed E-state index contributed by atoms with van der Waals surface area (Å²) in [5.74, 6) is -0.523. The molecule has 0 spiro atoms. The fraction of sp³-hybridized carbons (Fsp3) is 0.217. The maximum Gasteiger partial charge on any atom is 0.243 e. The lowest BCUT2D eigenvalue weighted by Gasteiger charge is -2.02. The lowest BCUT2D eigenvalue weighted by molar-refractivity contribution is -0.129. The van der Waals surface area contributed by atoms with E-state index >= 15 is 0 Å². The third kappa shape index (κ3) is 8.01. The predicted molar refractivity (Wildman–Crippen MR) is 111 cm³/mol. The summed E-state index contributed by atoms with van der Waals surface area (Å²) in [5, 5.41) is 11.2. The highest BCUT2D eigenvalue weighted by Crippen LogP contribution is 2.19. The van der Waals surface area contributed by atoms with Crippen LogP contribution in [0.4, 0.5) is 0 Å². The molecular formula is C23H26N2O3. The highest BCUT2D eigenvalue weighted by Gasteiger charge is 1.99. The number of benzene rings is 2. The fourth-order valence-corrected chi connectivity index (χ4v) is 2.64. The summed E-state index contributed by atoms with van der Waals surface area (Å²) in [7, 11) is 0.